The molecule has 4 nitrogen and oxygen atoms in total. The molecule has 0 saturated heterocycles. The zero-order valence-corrected chi connectivity index (χ0v) is 8.09. The Morgan fingerprint density at radius 3 is 1.82 bits per heavy atom. The summed E-state index contributed by atoms with van der Waals surface area (Å²) >= 11 is 0. The Morgan fingerprint density at radius 1 is 1.45 bits per heavy atom. The molecule has 0 aliphatic heterocycles. The van der Waals surface area contributed by atoms with Crippen LogP contribution in [-0.4, -0.2) is 10.9 Å². The number of carbonyl (C=O) groups excluding carboxylic acids is 1. The van der Waals surface area contributed by atoms with Gasteiger partial charge in [0, 0.05) is 6.92 Å². The van der Waals surface area contributed by atoms with Crippen LogP contribution < -0.4 is 0 Å². The summed E-state index contributed by atoms with van der Waals surface area (Å²) in [6, 6.07) is 0. The molecule has 0 bridgehead atoms. The van der Waals surface area contributed by atoms with Crippen molar-refractivity contribution in [1.29, 1.82) is 0 Å². The molecule has 0 aliphatic carbocycles. The van der Waals surface area contributed by atoms with Crippen LogP contribution >= 0.6 is 8.25 Å². The second-order valence-corrected chi connectivity index (χ2v) is 2.60. The fraction of sp³-hybridized carbons (Fsp3) is 0.833. The fourth-order valence-electron chi connectivity index (χ4n) is 0.123. The molecule has 0 heterocycles. The summed E-state index contributed by atoms with van der Waals surface area (Å²) in [4.78, 5) is 17.5. The van der Waals surface area contributed by atoms with Crippen molar-refractivity contribution in [3.63, 3.8) is 0 Å². The Hall–Kier alpha value is -0.340. The molecule has 0 fully saturated rings. The van der Waals surface area contributed by atoms with Crippen LogP contribution in [0.5, 0.6) is 0 Å². The Bertz CT molecular complexity index is 110. The van der Waals surface area contributed by atoms with Gasteiger partial charge in [0.15, 0.2) is 0 Å². The van der Waals surface area contributed by atoms with E-state index in [1.165, 1.54) is 12.8 Å². The van der Waals surface area contributed by atoms with Crippen LogP contribution in [0.2, 0.25) is 0 Å². The van der Waals surface area contributed by atoms with E-state index in [0.717, 1.165) is 6.92 Å². The van der Waals surface area contributed by atoms with Gasteiger partial charge in [-0.05, 0) is 0 Å². The Morgan fingerprint density at radius 2 is 1.82 bits per heavy atom. The molecule has 1 N–H and O–H groups in total. The van der Waals surface area contributed by atoms with Crippen LogP contribution in [0.25, 0.3) is 0 Å². The van der Waals surface area contributed by atoms with Gasteiger partial charge in [-0.25, -0.2) is 4.57 Å². The highest BCUT2D eigenvalue weighted by atomic mass is 31.1. The van der Waals surface area contributed by atoms with Gasteiger partial charge >= 0.3 is 14.2 Å². The molecule has 0 aliphatic rings. The topological polar surface area (TPSA) is 63.6 Å². The summed E-state index contributed by atoms with van der Waals surface area (Å²) in [5, 5.41) is 0. The second-order valence-electron chi connectivity index (χ2n) is 1.86. The van der Waals surface area contributed by atoms with E-state index >= 15 is 0 Å². The van der Waals surface area contributed by atoms with Gasteiger partial charge in [0.2, 0.25) is 0 Å². The van der Waals surface area contributed by atoms with Crippen molar-refractivity contribution in [3.05, 3.63) is 0 Å². The molecule has 0 aromatic carbocycles. The Balaban J connectivity index is 0. The van der Waals surface area contributed by atoms with E-state index in [9.17, 15) is 9.36 Å². The highest BCUT2D eigenvalue weighted by Gasteiger charge is 1.92. The molecular formula is C6H15O4P. The first kappa shape index (κ1) is 13.3. The first-order valence-corrected chi connectivity index (χ1v) is 4.72. The minimum atomic E-state index is -3.03. The lowest BCUT2D eigenvalue weighted by atomic mass is 10.4. The van der Waals surface area contributed by atoms with Crippen molar-refractivity contribution >= 4 is 14.2 Å². The van der Waals surface area contributed by atoms with Gasteiger partial charge < -0.3 is 9.42 Å². The lowest BCUT2D eigenvalue weighted by molar-refractivity contribution is -0.131. The van der Waals surface area contributed by atoms with E-state index in [1.807, 2.05) is 0 Å². The van der Waals surface area contributed by atoms with Crippen molar-refractivity contribution < 1.29 is 18.8 Å². The zero-order valence-electron chi connectivity index (χ0n) is 7.09. The van der Waals surface area contributed by atoms with Crippen molar-refractivity contribution in [1.82, 2.24) is 0 Å². The van der Waals surface area contributed by atoms with Gasteiger partial charge in [-0.15, -0.1) is 0 Å². The summed E-state index contributed by atoms with van der Waals surface area (Å²) in [6.45, 7) is 5.43. The van der Waals surface area contributed by atoms with Crippen LogP contribution in [-0.2, 0) is 13.9 Å². The number of unbranched alkanes of at least 4 members (excludes halogenated alkanes) is 1. The standard InChI is InChI=1S/C4H10.C2H5O4P/c1-3-4-2;1-2(3)6-7(4)5/h3-4H2,1-2H3;7H,1H3,(H,4,5). The van der Waals surface area contributed by atoms with Gasteiger partial charge in [0.25, 0.3) is 0 Å². The summed E-state index contributed by atoms with van der Waals surface area (Å²) in [6.07, 6.45) is 2.64. The lowest BCUT2D eigenvalue weighted by Crippen LogP contribution is -1.87. The van der Waals surface area contributed by atoms with Crippen molar-refractivity contribution in [2.45, 2.75) is 33.6 Å². The van der Waals surface area contributed by atoms with Gasteiger partial charge in [0.05, 0.1) is 0 Å². The predicted octanol–water partition coefficient (Wildman–Crippen LogP) is 1.74. The molecule has 0 saturated carbocycles. The van der Waals surface area contributed by atoms with E-state index in [1.54, 1.807) is 0 Å². The monoisotopic (exact) mass is 182 g/mol. The van der Waals surface area contributed by atoms with Crippen LogP contribution in [0.1, 0.15) is 33.6 Å². The summed E-state index contributed by atoms with van der Waals surface area (Å²) in [5.41, 5.74) is 0. The Labute approximate surface area is 67.5 Å². The number of rotatable bonds is 2. The average molecular weight is 182 g/mol. The molecule has 1 atom stereocenters. The highest BCUT2D eigenvalue weighted by molar-refractivity contribution is 7.32. The van der Waals surface area contributed by atoms with Crippen molar-refractivity contribution in [3.8, 4) is 0 Å². The third-order valence-electron chi connectivity index (χ3n) is 0.731. The third kappa shape index (κ3) is 26.1. The molecule has 0 amide bonds. The predicted molar refractivity (Wildman–Crippen MR) is 43.6 cm³/mol. The molecule has 68 valence electrons. The maximum atomic E-state index is 9.70. The largest absolute Gasteiger partial charge is 0.394 e. The van der Waals surface area contributed by atoms with Crippen LogP contribution in [0.4, 0.5) is 0 Å². The normalized spacial score (nSPS) is 10.9. The molecule has 0 radical (unpaired) electrons. The Kier molecular flexibility index (Phi) is 11.6. The first-order chi connectivity index (χ1) is 5.04. The minimum absolute atomic E-state index is 0.730. The molecule has 5 heteroatoms. The SMILES string of the molecule is CC(=O)O[PH](=O)O.CCCC. The van der Waals surface area contributed by atoms with Gasteiger partial charge in [-0.3, -0.25) is 4.79 Å². The van der Waals surface area contributed by atoms with Crippen LogP contribution in [0.3, 0.4) is 0 Å². The fourth-order valence-corrected chi connectivity index (χ4v) is 0.369. The van der Waals surface area contributed by atoms with E-state index in [2.05, 4.69) is 18.4 Å². The van der Waals surface area contributed by atoms with E-state index in [0.29, 0.717) is 0 Å². The van der Waals surface area contributed by atoms with Gasteiger partial charge in [-0.1, -0.05) is 26.7 Å². The highest BCUT2D eigenvalue weighted by Crippen LogP contribution is 2.13. The molecule has 0 aromatic rings. The smallest absolute Gasteiger partial charge is 0.367 e. The van der Waals surface area contributed by atoms with E-state index in [-0.39, 0.29) is 0 Å². The van der Waals surface area contributed by atoms with Gasteiger partial charge in [-0.2, -0.15) is 0 Å². The summed E-state index contributed by atoms with van der Waals surface area (Å²) in [7, 11) is -3.03. The van der Waals surface area contributed by atoms with Crippen molar-refractivity contribution in [2.24, 2.45) is 0 Å². The van der Waals surface area contributed by atoms with E-state index in [4.69, 9.17) is 4.89 Å². The van der Waals surface area contributed by atoms with Gasteiger partial charge in [0.1, 0.15) is 0 Å². The summed E-state index contributed by atoms with van der Waals surface area (Å²) < 4.78 is 13.3. The maximum absolute atomic E-state index is 9.70. The number of carbonyl (C=O) groups is 1. The first-order valence-electron chi connectivity index (χ1n) is 3.45. The number of hydrogen-bond donors (Lipinski definition) is 1. The third-order valence-corrected chi connectivity index (χ3v) is 1.19. The van der Waals surface area contributed by atoms with Crippen LogP contribution in [0.15, 0.2) is 0 Å². The van der Waals surface area contributed by atoms with E-state index < -0.39 is 14.2 Å². The quantitative estimate of drug-likeness (QED) is 0.660. The molecule has 0 aromatic heterocycles. The zero-order chi connectivity index (χ0) is 9.28. The molecule has 0 rings (SSSR count). The molecule has 1 unspecified atom stereocenters. The summed E-state index contributed by atoms with van der Waals surface area (Å²) in [5.74, 6) is -0.730. The number of hydrogen-bond acceptors (Lipinski definition) is 3. The lowest BCUT2D eigenvalue weighted by Gasteiger charge is -1.89. The average Bonchev–Trinajstić information content (AvgIpc) is 1.85. The second kappa shape index (κ2) is 9.66. The minimum Gasteiger partial charge on any atom is -0.394 e. The molecular weight excluding hydrogens is 167 g/mol. The molecule has 11 heavy (non-hydrogen) atoms. The van der Waals surface area contributed by atoms with Crippen LogP contribution in [0, 0.1) is 0 Å². The maximum Gasteiger partial charge on any atom is 0.367 e. The molecule has 0 spiro atoms. The van der Waals surface area contributed by atoms with Crippen molar-refractivity contribution in [2.75, 3.05) is 0 Å².